The number of piperazine rings is 1. The molecule has 0 radical (unpaired) electrons. The third-order valence-corrected chi connectivity index (χ3v) is 5.25. The van der Waals surface area contributed by atoms with E-state index in [1.807, 2.05) is 13.2 Å². The molecule has 1 saturated carbocycles. The standard InChI is InChI=1S/C17H27N5O2/c1-21(8-6-13-11-19-20-12-13)16(23)10-15-17(24)18-7-9-22(15)14-4-2-3-5-14/h11-12,14-15H,2-10H2,1H3,(H,18,24)(H,19,20)/t15-/m1/s1. The zero-order chi connectivity index (χ0) is 16.9. The van der Waals surface area contributed by atoms with Crippen LogP contribution in [0.1, 0.15) is 37.7 Å². The van der Waals surface area contributed by atoms with Crippen molar-refractivity contribution in [3.05, 3.63) is 18.0 Å². The fraction of sp³-hybridized carbons (Fsp3) is 0.706. The van der Waals surface area contributed by atoms with Gasteiger partial charge in [0.05, 0.1) is 18.7 Å². The fourth-order valence-corrected chi connectivity index (χ4v) is 3.77. The number of carbonyl (C=O) groups is 2. The first-order chi connectivity index (χ1) is 11.6. The Kier molecular flexibility index (Phi) is 5.50. The second-order valence-corrected chi connectivity index (χ2v) is 6.86. The minimum atomic E-state index is -0.314. The number of hydrogen-bond donors (Lipinski definition) is 2. The van der Waals surface area contributed by atoms with E-state index in [1.165, 1.54) is 12.8 Å². The van der Waals surface area contributed by atoms with E-state index in [0.717, 1.165) is 31.4 Å². The Bertz CT molecular complexity index is 553. The monoisotopic (exact) mass is 333 g/mol. The minimum absolute atomic E-state index is 0.00438. The summed E-state index contributed by atoms with van der Waals surface area (Å²) >= 11 is 0. The molecule has 2 amide bonds. The highest BCUT2D eigenvalue weighted by Crippen LogP contribution is 2.27. The zero-order valence-electron chi connectivity index (χ0n) is 14.3. The van der Waals surface area contributed by atoms with Crippen LogP contribution in [0.15, 0.2) is 12.4 Å². The number of amides is 2. The number of nitrogens with one attached hydrogen (secondary N) is 2. The molecule has 1 aliphatic heterocycles. The van der Waals surface area contributed by atoms with E-state index in [2.05, 4.69) is 20.4 Å². The van der Waals surface area contributed by atoms with Crippen LogP contribution < -0.4 is 5.32 Å². The van der Waals surface area contributed by atoms with E-state index in [4.69, 9.17) is 0 Å². The SMILES string of the molecule is CN(CCc1cn[nH]c1)C(=O)C[C@@H]1C(=O)NCCN1C1CCCC1. The summed E-state index contributed by atoms with van der Waals surface area (Å²) in [5.41, 5.74) is 1.08. The summed E-state index contributed by atoms with van der Waals surface area (Å²) in [4.78, 5) is 28.9. The fourth-order valence-electron chi connectivity index (χ4n) is 3.77. The first-order valence-electron chi connectivity index (χ1n) is 8.90. The van der Waals surface area contributed by atoms with Crippen molar-refractivity contribution in [3.63, 3.8) is 0 Å². The van der Waals surface area contributed by atoms with Gasteiger partial charge in [-0.3, -0.25) is 19.6 Å². The molecule has 2 fully saturated rings. The van der Waals surface area contributed by atoms with E-state index in [9.17, 15) is 9.59 Å². The van der Waals surface area contributed by atoms with Crippen molar-refractivity contribution in [2.75, 3.05) is 26.7 Å². The molecule has 0 bridgehead atoms. The van der Waals surface area contributed by atoms with Crippen molar-refractivity contribution < 1.29 is 9.59 Å². The molecule has 1 aromatic heterocycles. The van der Waals surface area contributed by atoms with Gasteiger partial charge in [-0.05, 0) is 24.8 Å². The Balaban J connectivity index is 1.56. The smallest absolute Gasteiger partial charge is 0.237 e. The lowest BCUT2D eigenvalue weighted by Crippen LogP contribution is -2.59. The molecule has 1 aromatic rings. The number of aromatic nitrogens is 2. The second-order valence-electron chi connectivity index (χ2n) is 6.86. The molecule has 24 heavy (non-hydrogen) atoms. The number of carbonyl (C=O) groups excluding carboxylic acids is 2. The van der Waals surface area contributed by atoms with Crippen LogP contribution >= 0.6 is 0 Å². The largest absolute Gasteiger partial charge is 0.353 e. The minimum Gasteiger partial charge on any atom is -0.353 e. The highest BCUT2D eigenvalue weighted by atomic mass is 16.2. The average Bonchev–Trinajstić information content (AvgIpc) is 3.27. The van der Waals surface area contributed by atoms with E-state index >= 15 is 0 Å². The quantitative estimate of drug-likeness (QED) is 0.796. The van der Waals surface area contributed by atoms with Crippen molar-refractivity contribution in [2.45, 2.75) is 50.6 Å². The molecule has 3 rings (SSSR count). The Morgan fingerprint density at radius 1 is 1.42 bits per heavy atom. The predicted octanol–water partition coefficient (Wildman–Crippen LogP) is 0.544. The lowest BCUT2D eigenvalue weighted by molar-refractivity contribution is -0.139. The topological polar surface area (TPSA) is 81.3 Å². The number of aromatic amines is 1. The second kappa shape index (κ2) is 7.79. The van der Waals surface area contributed by atoms with E-state index in [1.54, 1.807) is 11.1 Å². The zero-order valence-corrected chi connectivity index (χ0v) is 14.3. The van der Waals surface area contributed by atoms with Crippen molar-refractivity contribution >= 4 is 11.8 Å². The number of likely N-dealkylation sites (N-methyl/N-ethyl adjacent to an activating group) is 1. The molecule has 1 saturated heterocycles. The van der Waals surface area contributed by atoms with E-state index in [-0.39, 0.29) is 24.3 Å². The number of hydrogen-bond acceptors (Lipinski definition) is 4. The molecule has 7 nitrogen and oxygen atoms in total. The van der Waals surface area contributed by atoms with Crippen LogP contribution in [-0.2, 0) is 16.0 Å². The van der Waals surface area contributed by atoms with Gasteiger partial charge in [0.15, 0.2) is 0 Å². The average molecular weight is 333 g/mol. The molecule has 2 aliphatic rings. The van der Waals surface area contributed by atoms with Crippen molar-refractivity contribution in [2.24, 2.45) is 0 Å². The molecule has 0 aromatic carbocycles. The molecule has 0 unspecified atom stereocenters. The summed E-state index contributed by atoms with van der Waals surface area (Å²) in [5, 5.41) is 9.61. The Morgan fingerprint density at radius 2 is 2.21 bits per heavy atom. The summed E-state index contributed by atoms with van der Waals surface area (Å²) in [6, 6.07) is 0.149. The molecule has 2 N–H and O–H groups in total. The molecule has 1 atom stereocenters. The van der Waals surface area contributed by atoms with E-state index < -0.39 is 0 Å². The van der Waals surface area contributed by atoms with Gasteiger partial charge in [-0.25, -0.2) is 0 Å². The lowest BCUT2D eigenvalue weighted by Gasteiger charge is -2.39. The van der Waals surface area contributed by atoms with Crippen LogP contribution in [-0.4, -0.2) is 70.6 Å². The van der Waals surface area contributed by atoms with Gasteiger partial charge in [0.2, 0.25) is 11.8 Å². The summed E-state index contributed by atoms with van der Waals surface area (Å²) < 4.78 is 0. The number of rotatable bonds is 6. The third-order valence-electron chi connectivity index (χ3n) is 5.25. The number of nitrogens with zero attached hydrogens (tertiary/aromatic N) is 3. The molecular weight excluding hydrogens is 306 g/mol. The Hall–Kier alpha value is -1.89. The predicted molar refractivity (Wildman–Crippen MR) is 90.3 cm³/mol. The van der Waals surface area contributed by atoms with Crippen molar-refractivity contribution in [1.82, 2.24) is 25.3 Å². The van der Waals surface area contributed by atoms with Crippen LogP contribution in [0.2, 0.25) is 0 Å². The first-order valence-corrected chi connectivity index (χ1v) is 8.90. The van der Waals surface area contributed by atoms with Gasteiger partial charge in [0.1, 0.15) is 0 Å². The normalized spacial score (nSPS) is 22.5. The van der Waals surface area contributed by atoms with Crippen molar-refractivity contribution in [3.8, 4) is 0 Å². The van der Waals surface area contributed by atoms with Crippen LogP contribution in [0.25, 0.3) is 0 Å². The molecule has 0 spiro atoms. The van der Waals surface area contributed by atoms with E-state index in [0.29, 0.717) is 19.1 Å². The van der Waals surface area contributed by atoms with Crippen LogP contribution in [0.4, 0.5) is 0 Å². The maximum atomic E-state index is 12.6. The lowest BCUT2D eigenvalue weighted by atomic mass is 10.0. The molecule has 132 valence electrons. The summed E-state index contributed by atoms with van der Waals surface area (Å²) in [5.74, 6) is 0.0354. The molecule has 1 aliphatic carbocycles. The van der Waals surface area contributed by atoms with Gasteiger partial charge in [-0.1, -0.05) is 12.8 Å². The highest BCUT2D eigenvalue weighted by Gasteiger charge is 2.37. The molecule has 2 heterocycles. The molecular formula is C17H27N5O2. The van der Waals surface area contributed by atoms with Gasteiger partial charge in [0.25, 0.3) is 0 Å². The van der Waals surface area contributed by atoms with Gasteiger partial charge < -0.3 is 10.2 Å². The molecule has 7 heteroatoms. The van der Waals surface area contributed by atoms with Gasteiger partial charge in [0, 0.05) is 38.9 Å². The van der Waals surface area contributed by atoms with Crippen LogP contribution in [0, 0.1) is 0 Å². The van der Waals surface area contributed by atoms with Gasteiger partial charge >= 0.3 is 0 Å². The maximum Gasteiger partial charge on any atom is 0.237 e. The summed E-state index contributed by atoms with van der Waals surface area (Å²) in [6.45, 7) is 2.18. The van der Waals surface area contributed by atoms with Crippen LogP contribution in [0.5, 0.6) is 0 Å². The van der Waals surface area contributed by atoms with Gasteiger partial charge in [-0.15, -0.1) is 0 Å². The first kappa shape index (κ1) is 17.0. The maximum absolute atomic E-state index is 12.6. The summed E-state index contributed by atoms with van der Waals surface area (Å²) in [6.07, 6.45) is 9.40. The van der Waals surface area contributed by atoms with Crippen LogP contribution in [0.3, 0.4) is 0 Å². The highest BCUT2D eigenvalue weighted by molar-refractivity contribution is 5.88. The Morgan fingerprint density at radius 3 is 2.92 bits per heavy atom. The van der Waals surface area contributed by atoms with Gasteiger partial charge in [-0.2, -0.15) is 5.10 Å². The Labute approximate surface area is 142 Å². The van der Waals surface area contributed by atoms with Crippen molar-refractivity contribution in [1.29, 1.82) is 0 Å². The third kappa shape index (κ3) is 3.95. The summed E-state index contributed by atoms with van der Waals surface area (Å²) in [7, 11) is 1.81. The number of H-pyrrole nitrogens is 1.